The Morgan fingerprint density at radius 3 is 2.95 bits per heavy atom. The fourth-order valence-corrected chi connectivity index (χ4v) is 3.60. The summed E-state index contributed by atoms with van der Waals surface area (Å²) in [5.74, 6) is 0.0853. The Bertz CT molecular complexity index is 729. The van der Waals surface area contributed by atoms with Crippen LogP contribution in [0.1, 0.15) is 20.9 Å². The molecular weight excluding hydrogens is 286 g/mol. The minimum absolute atomic E-state index is 0.0853. The largest absolute Gasteiger partial charge is 0.291 e. The van der Waals surface area contributed by atoms with E-state index in [-0.39, 0.29) is 5.78 Å². The molecule has 0 atom stereocenters. The molecule has 0 N–H and O–H groups in total. The number of thiazole rings is 1. The third-order valence-electron chi connectivity index (χ3n) is 3.00. The quantitative estimate of drug-likeness (QED) is 0.659. The van der Waals surface area contributed by atoms with Gasteiger partial charge in [0, 0.05) is 18.2 Å². The SMILES string of the molecule is Cc1cccc(CC(=O)c2ncc(-c3ccsc3)s2)c1. The van der Waals surface area contributed by atoms with Crippen LogP contribution in [0.5, 0.6) is 0 Å². The van der Waals surface area contributed by atoms with E-state index in [9.17, 15) is 4.79 Å². The van der Waals surface area contributed by atoms with E-state index in [0.717, 1.165) is 16.0 Å². The van der Waals surface area contributed by atoms with Crippen molar-refractivity contribution < 1.29 is 4.79 Å². The van der Waals surface area contributed by atoms with Gasteiger partial charge in [-0.25, -0.2) is 4.98 Å². The van der Waals surface area contributed by atoms with Crippen LogP contribution in [0.15, 0.2) is 47.3 Å². The molecular formula is C16H13NOS2. The minimum atomic E-state index is 0.0853. The second kappa shape index (κ2) is 5.69. The lowest BCUT2D eigenvalue weighted by Crippen LogP contribution is -2.02. The van der Waals surface area contributed by atoms with Gasteiger partial charge in [-0.15, -0.1) is 11.3 Å². The van der Waals surface area contributed by atoms with E-state index >= 15 is 0 Å². The summed E-state index contributed by atoms with van der Waals surface area (Å²) in [5.41, 5.74) is 3.36. The Hall–Kier alpha value is -1.78. The molecule has 0 radical (unpaired) electrons. The molecule has 100 valence electrons. The Morgan fingerprint density at radius 2 is 2.20 bits per heavy atom. The molecule has 0 spiro atoms. The second-order valence-corrected chi connectivity index (χ2v) is 6.44. The molecule has 0 fully saturated rings. The number of hydrogen-bond donors (Lipinski definition) is 0. The highest BCUT2D eigenvalue weighted by Crippen LogP contribution is 2.28. The number of carbonyl (C=O) groups excluding carboxylic acids is 1. The van der Waals surface area contributed by atoms with Gasteiger partial charge in [0.05, 0.1) is 4.88 Å². The Balaban J connectivity index is 1.78. The number of benzene rings is 1. The molecule has 0 saturated heterocycles. The summed E-state index contributed by atoms with van der Waals surface area (Å²) in [5, 5.41) is 4.69. The third kappa shape index (κ3) is 2.86. The zero-order chi connectivity index (χ0) is 13.9. The van der Waals surface area contributed by atoms with Gasteiger partial charge in [0.25, 0.3) is 0 Å². The van der Waals surface area contributed by atoms with Gasteiger partial charge < -0.3 is 0 Å². The van der Waals surface area contributed by atoms with Crippen LogP contribution in [0, 0.1) is 6.92 Å². The molecule has 2 nitrogen and oxygen atoms in total. The van der Waals surface area contributed by atoms with Gasteiger partial charge in [0.2, 0.25) is 0 Å². The van der Waals surface area contributed by atoms with Crippen LogP contribution < -0.4 is 0 Å². The maximum atomic E-state index is 12.3. The van der Waals surface area contributed by atoms with Crippen LogP contribution in [0.2, 0.25) is 0 Å². The van der Waals surface area contributed by atoms with E-state index in [1.165, 1.54) is 16.9 Å². The molecule has 1 aromatic carbocycles. The van der Waals surface area contributed by atoms with Crippen molar-refractivity contribution in [1.29, 1.82) is 0 Å². The maximum Gasteiger partial charge on any atom is 0.195 e. The molecule has 3 aromatic rings. The van der Waals surface area contributed by atoms with Gasteiger partial charge in [0.1, 0.15) is 0 Å². The molecule has 4 heteroatoms. The molecule has 2 heterocycles. The van der Waals surface area contributed by atoms with Crippen LogP contribution in [0.3, 0.4) is 0 Å². The van der Waals surface area contributed by atoms with Crippen molar-refractivity contribution in [2.45, 2.75) is 13.3 Å². The van der Waals surface area contributed by atoms with Gasteiger partial charge in [-0.05, 0) is 29.3 Å². The predicted octanol–water partition coefficient (Wildman–Crippen LogP) is 4.61. The average Bonchev–Trinajstić information content (AvgIpc) is 3.10. The molecule has 0 bridgehead atoms. The van der Waals surface area contributed by atoms with Crippen LogP contribution in [-0.4, -0.2) is 10.8 Å². The van der Waals surface area contributed by atoms with Crippen molar-refractivity contribution in [3.8, 4) is 10.4 Å². The summed E-state index contributed by atoms with van der Waals surface area (Å²) in [6.07, 6.45) is 2.20. The van der Waals surface area contributed by atoms with Crippen molar-refractivity contribution in [3.05, 3.63) is 63.4 Å². The summed E-state index contributed by atoms with van der Waals surface area (Å²) in [6, 6.07) is 10.1. The predicted molar refractivity (Wildman–Crippen MR) is 84.6 cm³/mol. The summed E-state index contributed by atoms with van der Waals surface area (Å²) < 4.78 is 0. The average molecular weight is 299 g/mol. The van der Waals surface area contributed by atoms with Crippen molar-refractivity contribution in [2.24, 2.45) is 0 Å². The van der Waals surface area contributed by atoms with E-state index in [1.807, 2.05) is 42.6 Å². The lowest BCUT2D eigenvalue weighted by atomic mass is 10.1. The molecule has 2 aromatic heterocycles. The Labute approximate surface area is 125 Å². The van der Waals surface area contributed by atoms with Gasteiger partial charge >= 0.3 is 0 Å². The first-order valence-corrected chi connectivity index (χ1v) is 8.05. The number of carbonyl (C=O) groups is 1. The van der Waals surface area contributed by atoms with E-state index in [4.69, 9.17) is 0 Å². The number of Topliss-reactive ketones (excluding diaryl/α,β-unsaturated/α-hetero) is 1. The zero-order valence-electron chi connectivity index (χ0n) is 11.0. The van der Waals surface area contributed by atoms with Gasteiger partial charge in [-0.2, -0.15) is 11.3 Å². The smallest absolute Gasteiger partial charge is 0.195 e. The topological polar surface area (TPSA) is 30.0 Å². The fraction of sp³-hybridized carbons (Fsp3) is 0.125. The number of thiophene rings is 1. The summed E-state index contributed by atoms with van der Waals surface area (Å²) in [6.45, 7) is 2.03. The normalized spacial score (nSPS) is 10.7. The molecule has 0 unspecified atom stereocenters. The molecule has 3 rings (SSSR count). The van der Waals surface area contributed by atoms with Gasteiger partial charge in [-0.3, -0.25) is 4.79 Å². The zero-order valence-corrected chi connectivity index (χ0v) is 12.6. The molecule has 0 aliphatic rings. The Morgan fingerprint density at radius 1 is 1.30 bits per heavy atom. The standard InChI is InChI=1S/C16H13NOS2/c1-11-3-2-4-12(7-11)8-14(18)16-17-9-15(20-16)13-5-6-19-10-13/h2-7,9-10H,8H2,1H3. The highest BCUT2D eigenvalue weighted by atomic mass is 32.1. The Kier molecular flexibility index (Phi) is 3.76. The highest BCUT2D eigenvalue weighted by Gasteiger charge is 2.13. The summed E-state index contributed by atoms with van der Waals surface area (Å²) in [4.78, 5) is 17.6. The van der Waals surface area contributed by atoms with E-state index in [2.05, 4.69) is 10.4 Å². The number of hydrogen-bond acceptors (Lipinski definition) is 4. The molecule has 0 amide bonds. The molecule has 0 aliphatic heterocycles. The molecule has 0 saturated carbocycles. The van der Waals surface area contributed by atoms with E-state index in [0.29, 0.717) is 11.4 Å². The first kappa shape index (κ1) is 13.2. The van der Waals surface area contributed by atoms with E-state index < -0.39 is 0 Å². The number of aromatic nitrogens is 1. The third-order valence-corrected chi connectivity index (χ3v) is 4.77. The van der Waals surface area contributed by atoms with Crippen LogP contribution >= 0.6 is 22.7 Å². The fourth-order valence-electron chi connectivity index (χ4n) is 2.02. The van der Waals surface area contributed by atoms with Gasteiger partial charge in [-0.1, -0.05) is 29.8 Å². The first-order valence-electron chi connectivity index (χ1n) is 6.29. The number of nitrogens with zero attached hydrogens (tertiary/aromatic N) is 1. The monoisotopic (exact) mass is 299 g/mol. The molecule has 0 aliphatic carbocycles. The minimum Gasteiger partial charge on any atom is -0.291 e. The first-order chi connectivity index (χ1) is 9.72. The number of aryl methyl sites for hydroxylation is 1. The lowest BCUT2D eigenvalue weighted by molar-refractivity contribution is 0.0992. The number of rotatable bonds is 4. The van der Waals surface area contributed by atoms with Crippen LogP contribution in [0.4, 0.5) is 0 Å². The molecule has 20 heavy (non-hydrogen) atoms. The van der Waals surface area contributed by atoms with Crippen LogP contribution in [-0.2, 0) is 6.42 Å². The van der Waals surface area contributed by atoms with E-state index in [1.54, 1.807) is 17.5 Å². The van der Waals surface area contributed by atoms with Gasteiger partial charge in [0.15, 0.2) is 10.8 Å². The highest BCUT2D eigenvalue weighted by molar-refractivity contribution is 7.17. The van der Waals surface area contributed by atoms with Crippen LogP contribution in [0.25, 0.3) is 10.4 Å². The van der Waals surface area contributed by atoms with Crippen molar-refractivity contribution in [3.63, 3.8) is 0 Å². The summed E-state index contributed by atoms with van der Waals surface area (Å²) in [7, 11) is 0. The van der Waals surface area contributed by atoms with Crippen molar-refractivity contribution in [2.75, 3.05) is 0 Å². The maximum absolute atomic E-state index is 12.3. The van der Waals surface area contributed by atoms with Crippen molar-refractivity contribution >= 4 is 28.5 Å². The van der Waals surface area contributed by atoms with Crippen molar-refractivity contribution in [1.82, 2.24) is 4.98 Å². The summed E-state index contributed by atoms with van der Waals surface area (Å²) >= 11 is 3.12. The second-order valence-electron chi connectivity index (χ2n) is 4.63. The number of ketones is 1. The lowest BCUT2D eigenvalue weighted by Gasteiger charge is -1.99.